The van der Waals surface area contributed by atoms with Crippen LogP contribution in [0.1, 0.15) is 48.0 Å². The highest BCUT2D eigenvalue weighted by Crippen LogP contribution is 2.31. The normalized spacial score (nSPS) is 26.7. The monoisotopic (exact) mass is 303 g/mol. The molecule has 122 valence electrons. The quantitative estimate of drug-likeness (QED) is 0.702. The van der Waals surface area contributed by atoms with Gasteiger partial charge in [0, 0.05) is 6.54 Å². The summed E-state index contributed by atoms with van der Waals surface area (Å²) in [7, 11) is 0. The molecule has 21 heavy (non-hydrogen) atoms. The molecular formula is C14H25NO6. The minimum atomic E-state index is -2.42. The maximum Gasteiger partial charge on any atom is 0.413 e. The average molecular weight is 303 g/mol. The molecule has 1 rings (SSSR count). The molecule has 1 aliphatic heterocycles. The van der Waals surface area contributed by atoms with Crippen molar-refractivity contribution in [2.45, 2.75) is 71.0 Å². The first-order valence-electron chi connectivity index (χ1n) is 6.92. The molecule has 0 saturated carbocycles. The van der Waals surface area contributed by atoms with Gasteiger partial charge in [0.15, 0.2) is 0 Å². The topological polar surface area (TPSA) is 96.3 Å². The largest absolute Gasteiger partial charge is 0.456 e. The van der Waals surface area contributed by atoms with Crippen molar-refractivity contribution in [2.24, 2.45) is 0 Å². The van der Waals surface area contributed by atoms with Crippen LogP contribution in [0, 0.1) is 0 Å². The van der Waals surface area contributed by atoms with Crippen LogP contribution in [0.2, 0.25) is 0 Å². The van der Waals surface area contributed by atoms with Gasteiger partial charge in [-0.1, -0.05) is 0 Å². The van der Waals surface area contributed by atoms with Gasteiger partial charge >= 0.3 is 12.1 Å². The van der Waals surface area contributed by atoms with E-state index in [0.717, 1.165) is 4.90 Å². The first-order chi connectivity index (χ1) is 9.27. The summed E-state index contributed by atoms with van der Waals surface area (Å²) >= 11 is 0. The molecule has 0 aromatic carbocycles. The van der Waals surface area contributed by atoms with Gasteiger partial charge in [-0.15, -0.1) is 0 Å². The van der Waals surface area contributed by atoms with Crippen molar-refractivity contribution < 1.29 is 29.3 Å². The Morgan fingerprint density at radius 1 is 1.10 bits per heavy atom. The zero-order valence-corrected chi connectivity index (χ0v) is 13.5. The van der Waals surface area contributed by atoms with Crippen molar-refractivity contribution >= 4 is 12.1 Å². The molecule has 0 aliphatic carbocycles. The lowest BCUT2D eigenvalue weighted by molar-refractivity contribution is -0.205. The summed E-state index contributed by atoms with van der Waals surface area (Å²) in [6.07, 6.45) is -2.22. The van der Waals surface area contributed by atoms with Gasteiger partial charge in [0.05, 0.1) is 0 Å². The smallest absolute Gasteiger partial charge is 0.413 e. The van der Waals surface area contributed by atoms with E-state index in [1.165, 1.54) is 0 Å². The summed E-state index contributed by atoms with van der Waals surface area (Å²) < 4.78 is 10.3. The molecule has 7 nitrogen and oxygen atoms in total. The minimum Gasteiger partial charge on any atom is -0.456 e. The fourth-order valence-electron chi connectivity index (χ4n) is 1.95. The Labute approximate surface area is 124 Å². The van der Waals surface area contributed by atoms with E-state index >= 15 is 0 Å². The standard InChI is InChI=1S/C14H25NO6/c1-12(2,3)20-10(17)14(19)9(16)7-8-15(14)11(18)21-13(4,5)6/h9,16,19H,7-8H2,1-6H3/t9?,14-/m1/s1. The second-order valence-electron chi connectivity index (χ2n) is 7.16. The van der Waals surface area contributed by atoms with E-state index in [1.807, 2.05) is 0 Å². The number of hydrogen-bond acceptors (Lipinski definition) is 6. The van der Waals surface area contributed by atoms with Gasteiger partial charge in [0.25, 0.3) is 5.72 Å². The highest BCUT2D eigenvalue weighted by Gasteiger charge is 2.58. The van der Waals surface area contributed by atoms with Gasteiger partial charge in [0.2, 0.25) is 0 Å². The van der Waals surface area contributed by atoms with Crippen LogP contribution >= 0.6 is 0 Å². The number of ether oxygens (including phenoxy) is 2. The van der Waals surface area contributed by atoms with E-state index in [4.69, 9.17) is 9.47 Å². The molecule has 2 N–H and O–H groups in total. The van der Waals surface area contributed by atoms with E-state index in [-0.39, 0.29) is 13.0 Å². The molecule has 0 radical (unpaired) electrons. The van der Waals surface area contributed by atoms with Crippen LogP contribution in [0.5, 0.6) is 0 Å². The molecule has 1 fully saturated rings. The third kappa shape index (κ3) is 4.07. The number of carbonyl (C=O) groups is 2. The number of amides is 1. The number of esters is 1. The number of rotatable bonds is 1. The second kappa shape index (κ2) is 5.46. The fourth-order valence-corrected chi connectivity index (χ4v) is 1.95. The first kappa shape index (κ1) is 17.7. The maximum absolute atomic E-state index is 12.2. The Hall–Kier alpha value is -1.34. The molecule has 0 aromatic rings. The Balaban J connectivity index is 2.99. The molecule has 0 spiro atoms. The summed E-state index contributed by atoms with van der Waals surface area (Å²) in [6, 6.07) is 0. The molecular weight excluding hydrogens is 278 g/mol. The average Bonchev–Trinajstić information content (AvgIpc) is 2.52. The van der Waals surface area contributed by atoms with Crippen LogP contribution in [0.15, 0.2) is 0 Å². The van der Waals surface area contributed by atoms with Crippen LogP contribution in [-0.2, 0) is 14.3 Å². The summed E-state index contributed by atoms with van der Waals surface area (Å²) in [6.45, 7) is 9.91. The number of hydrogen-bond donors (Lipinski definition) is 2. The Morgan fingerprint density at radius 3 is 2.00 bits per heavy atom. The number of aliphatic hydroxyl groups is 2. The highest BCUT2D eigenvalue weighted by atomic mass is 16.6. The van der Waals surface area contributed by atoms with Gasteiger partial charge in [-0.25, -0.2) is 9.59 Å². The highest BCUT2D eigenvalue weighted by molar-refractivity contribution is 5.85. The van der Waals surface area contributed by atoms with Gasteiger partial charge in [-0.2, -0.15) is 0 Å². The van der Waals surface area contributed by atoms with Crippen molar-refractivity contribution in [3.8, 4) is 0 Å². The van der Waals surface area contributed by atoms with Gasteiger partial charge in [0.1, 0.15) is 17.3 Å². The summed E-state index contributed by atoms with van der Waals surface area (Å²) in [5.74, 6) is -1.06. The lowest BCUT2D eigenvalue weighted by Crippen LogP contribution is -2.60. The van der Waals surface area contributed by atoms with Crippen molar-refractivity contribution in [2.75, 3.05) is 6.54 Å². The lowest BCUT2D eigenvalue weighted by atomic mass is 10.1. The first-order valence-corrected chi connectivity index (χ1v) is 6.92. The molecule has 1 amide bonds. The SMILES string of the molecule is CC(C)(C)OC(=O)N1CCC(O)[C@@]1(O)C(=O)OC(C)(C)C. The maximum atomic E-state index is 12.2. The minimum absolute atomic E-state index is 0.00578. The van der Waals surface area contributed by atoms with E-state index in [2.05, 4.69) is 0 Å². The third-order valence-corrected chi connectivity index (χ3v) is 2.82. The fraction of sp³-hybridized carbons (Fsp3) is 0.857. The van der Waals surface area contributed by atoms with Crippen LogP contribution in [0.25, 0.3) is 0 Å². The van der Waals surface area contributed by atoms with Crippen LogP contribution in [0.3, 0.4) is 0 Å². The second-order valence-corrected chi connectivity index (χ2v) is 7.16. The number of aliphatic hydroxyl groups excluding tert-OH is 1. The molecule has 1 heterocycles. The van der Waals surface area contributed by atoms with Crippen molar-refractivity contribution in [3.05, 3.63) is 0 Å². The predicted molar refractivity (Wildman–Crippen MR) is 74.4 cm³/mol. The van der Waals surface area contributed by atoms with Gasteiger partial charge < -0.3 is 19.7 Å². The molecule has 7 heteroatoms. The molecule has 1 unspecified atom stereocenters. The molecule has 2 atom stereocenters. The predicted octanol–water partition coefficient (Wildman–Crippen LogP) is 1.02. The van der Waals surface area contributed by atoms with Crippen LogP contribution < -0.4 is 0 Å². The zero-order chi connectivity index (χ0) is 16.6. The summed E-state index contributed by atoms with van der Waals surface area (Å²) in [4.78, 5) is 25.1. The third-order valence-electron chi connectivity index (χ3n) is 2.82. The summed E-state index contributed by atoms with van der Waals surface area (Å²) in [5, 5.41) is 20.5. The number of carbonyl (C=O) groups excluding carboxylic acids is 2. The van der Waals surface area contributed by atoms with E-state index < -0.39 is 35.1 Å². The van der Waals surface area contributed by atoms with Crippen molar-refractivity contribution in [1.29, 1.82) is 0 Å². The lowest BCUT2D eigenvalue weighted by Gasteiger charge is -2.36. The van der Waals surface area contributed by atoms with Crippen LogP contribution in [-0.4, -0.2) is 56.8 Å². The summed E-state index contributed by atoms with van der Waals surface area (Å²) in [5.41, 5.74) is -4.05. The Bertz CT molecular complexity index is 422. The molecule has 0 bridgehead atoms. The van der Waals surface area contributed by atoms with E-state index in [9.17, 15) is 19.8 Å². The Morgan fingerprint density at radius 2 is 1.57 bits per heavy atom. The molecule has 1 saturated heterocycles. The molecule has 0 aromatic heterocycles. The zero-order valence-electron chi connectivity index (χ0n) is 13.5. The van der Waals surface area contributed by atoms with Gasteiger partial charge in [-0.3, -0.25) is 4.90 Å². The van der Waals surface area contributed by atoms with E-state index in [0.29, 0.717) is 0 Å². The van der Waals surface area contributed by atoms with Gasteiger partial charge in [-0.05, 0) is 48.0 Å². The number of nitrogens with zero attached hydrogens (tertiary/aromatic N) is 1. The van der Waals surface area contributed by atoms with Crippen molar-refractivity contribution in [1.82, 2.24) is 4.90 Å². The number of likely N-dealkylation sites (tertiary alicyclic amines) is 1. The Kier molecular flexibility index (Phi) is 4.60. The molecule has 1 aliphatic rings. The van der Waals surface area contributed by atoms with Crippen LogP contribution in [0.4, 0.5) is 4.79 Å². The van der Waals surface area contributed by atoms with E-state index in [1.54, 1.807) is 41.5 Å². The van der Waals surface area contributed by atoms with Crippen molar-refractivity contribution in [3.63, 3.8) is 0 Å².